The first kappa shape index (κ1) is 12.3. The van der Waals surface area contributed by atoms with E-state index in [0.29, 0.717) is 0 Å². The largest absolute Gasteiger partial charge is 0.304 e. The minimum atomic E-state index is 0.864. The average Bonchev–Trinajstić information content (AvgIpc) is 2.35. The van der Waals surface area contributed by atoms with Gasteiger partial charge in [0.05, 0.1) is 6.42 Å². The summed E-state index contributed by atoms with van der Waals surface area (Å²) in [5.41, 5.74) is 2.28. The van der Waals surface area contributed by atoms with Crippen LogP contribution in [0.1, 0.15) is 11.1 Å². The Hall–Kier alpha value is -1.19. The third-order valence-corrected chi connectivity index (χ3v) is 3.29. The van der Waals surface area contributed by atoms with E-state index in [1.165, 1.54) is 5.56 Å². The molecule has 0 saturated carbocycles. The van der Waals surface area contributed by atoms with Crippen LogP contribution in [-0.4, -0.2) is 49.3 Å². The number of benzene rings is 1. The summed E-state index contributed by atoms with van der Waals surface area (Å²) >= 11 is 0. The summed E-state index contributed by atoms with van der Waals surface area (Å²) in [6.07, 6.45) is 2.51. The quantitative estimate of drug-likeness (QED) is 0.727. The number of hydrogen-bond acceptors (Lipinski definition) is 3. The van der Waals surface area contributed by atoms with Crippen LogP contribution in [0, 0.1) is 6.42 Å². The lowest BCUT2D eigenvalue weighted by atomic mass is 10.0. The van der Waals surface area contributed by atoms with Gasteiger partial charge in [0.25, 0.3) is 0 Å². The second kappa shape index (κ2) is 5.94. The smallest absolute Gasteiger partial charge is 0.128 e. The maximum atomic E-state index is 10.6. The van der Waals surface area contributed by atoms with E-state index in [1.54, 1.807) is 6.42 Å². The van der Waals surface area contributed by atoms with Crippen LogP contribution in [-0.2, 0) is 11.3 Å². The molecule has 0 aromatic heterocycles. The van der Waals surface area contributed by atoms with E-state index in [2.05, 4.69) is 22.9 Å². The van der Waals surface area contributed by atoms with Gasteiger partial charge >= 0.3 is 0 Å². The summed E-state index contributed by atoms with van der Waals surface area (Å²) in [4.78, 5) is 15.4. The van der Waals surface area contributed by atoms with E-state index in [9.17, 15) is 4.79 Å². The number of carbonyl (C=O) groups is 1. The van der Waals surface area contributed by atoms with E-state index in [-0.39, 0.29) is 0 Å². The Balaban J connectivity index is 2.00. The Labute approximate surface area is 103 Å². The summed E-state index contributed by atoms with van der Waals surface area (Å²) in [6, 6.07) is 8.11. The third-order valence-electron chi connectivity index (χ3n) is 3.29. The van der Waals surface area contributed by atoms with Gasteiger partial charge in [0.15, 0.2) is 0 Å². The molecule has 91 valence electrons. The molecule has 0 bridgehead atoms. The Kier molecular flexibility index (Phi) is 4.29. The van der Waals surface area contributed by atoms with Gasteiger partial charge < -0.3 is 9.69 Å². The topological polar surface area (TPSA) is 23.6 Å². The van der Waals surface area contributed by atoms with Crippen LogP contribution in [0.25, 0.3) is 0 Å². The number of likely N-dealkylation sites (N-methyl/N-ethyl adjacent to an activating group) is 1. The molecule has 0 amide bonds. The summed E-state index contributed by atoms with van der Waals surface area (Å²) in [5.74, 6) is 0. The molecule has 1 radical (unpaired) electrons. The lowest BCUT2D eigenvalue weighted by molar-refractivity contribution is -0.104. The molecule has 1 aromatic rings. The van der Waals surface area contributed by atoms with Crippen molar-refractivity contribution < 1.29 is 4.79 Å². The SMILES string of the molecule is CN1CCN(Cc2ccccc2[CH]C=O)CC1. The van der Waals surface area contributed by atoms with Gasteiger partial charge in [0.2, 0.25) is 0 Å². The minimum absolute atomic E-state index is 0.864. The van der Waals surface area contributed by atoms with Gasteiger partial charge in [-0.25, -0.2) is 0 Å². The molecule has 1 aliphatic rings. The van der Waals surface area contributed by atoms with Gasteiger partial charge in [-0.2, -0.15) is 0 Å². The molecule has 17 heavy (non-hydrogen) atoms. The number of hydrogen-bond donors (Lipinski definition) is 0. The summed E-state index contributed by atoms with van der Waals surface area (Å²) < 4.78 is 0. The van der Waals surface area contributed by atoms with Gasteiger partial charge in [0.1, 0.15) is 6.29 Å². The zero-order valence-electron chi connectivity index (χ0n) is 10.3. The molecule has 1 aromatic carbocycles. The first-order valence-electron chi connectivity index (χ1n) is 6.07. The van der Waals surface area contributed by atoms with Crippen molar-refractivity contribution >= 4 is 6.29 Å². The number of rotatable bonds is 4. The lowest BCUT2D eigenvalue weighted by Gasteiger charge is -2.32. The number of nitrogens with zero attached hydrogens (tertiary/aromatic N) is 2. The Morgan fingerprint density at radius 1 is 1.18 bits per heavy atom. The first-order chi connectivity index (χ1) is 8.29. The monoisotopic (exact) mass is 231 g/mol. The summed E-state index contributed by atoms with van der Waals surface area (Å²) in [7, 11) is 2.16. The van der Waals surface area contributed by atoms with E-state index in [0.717, 1.165) is 44.6 Å². The highest BCUT2D eigenvalue weighted by Gasteiger charge is 2.14. The molecule has 1 heterocycles. The maximum Gasteiger partial charge on any atom is 0.128 e. The van der Waals surface area contributed by atoms with Crippen LogP contribution in [0.3, 0.4) is 0 Å². The van der Waals surface area contributed by atoms with Gasteiger partial charge in [-0.1, -0.05) is 24.3 Å². The van der Waals surface area contributed by atoms with Crippen LogP contribution in [0.5, 0.6) is 0 Å². The third kappa shape index (κ3) is 3.38. The van der Waals surface area contributed by atoms with Gasteiger partial charge in [0, 0.05) is 32.7 Å². The molecule has 0 spiro atoms. The fourth-order valence-electron chi connectivity index (χ4n) is 2.16. The Morgan fingerprint density at radius 3 is 2.59 bits per heavy atom. The van der Waals surface area contributed by atoms with Crippen molar-refractivity contribution in [2.45, 2.75) is 6.54 Å². The summed E-state index contributed by atoms with van der Waals surface area (Å²) in [5, 5.41) is 0. The van der Waals surface area contributed by atoms with Gasteiger partial charge in [-0.15, -0.1) is 0 Å². The molecular formula is C14H19N2O. The molecule has 1 fully saturated rings. The molecule has 2 rings (SSSR count). The molecular weight excluding hydrogens is 212 g/mol. The van der Waals surface area contributed by atoms with Gasteiger partial charge in [-0.3, -0.25) is 4.90 Å². The molecule has 3 nitrogen and oxygen atoms in total. The summed E-state index contributed by atoms with van der Waals surface area (Å²) in [6.45, 7) is 5.39. The highest BCUT2D eigenvalue weighted by atomic mass is 16.1. The van der Waals surface area contributed by atoms with E-state index < -0.39 is 0 Å². The highest BCUT2D eigenvalue weighted by molar-refractivity contribution is 5.68. The lowest BCUT2D eigenvalue weighted by Crippen LogP contribution is -2.44. The molecule has 0 N–H and O–H groups in total. The Bertz CT molecular complexity index is 370. The van der Waals surface area contributed by atoms with Crippen molar-refractivity contribution in [3.63, 3.8) is 0 Å². The van der Waals surface area contributed by atoms with Crippen molar-refractivity contribution in [3.8, 4) is 0 Å². The molecule has 0 unspecified atom stereocenters. The van der Waals surface area contributed by atoms with Crippen LogP contribution < -0.4 is 0 Å². The molecule has 1 aliphatic heterocycles. The van der Waals surface area contributed by atoms with Crippen LogP contribution in [0.15, 0.2) is 24.3 Å². The van der Waals surface area contributed by atoms with Crippen molar-refractivity contribution in [1.29, 1.82) is 0 Å². The predicted octanol–water partition coefficient (Wildman–Crippen LogP) is 1.19. The number of piperazine rings is 1. The molecule has 1 saturated heterocycles. The fourth-order valence-corrected chi connectivity index (χ4v) is 2.16. The molecule has 3 heteroatoms. The van der Waals surface area contributed by atoms with E-state index >= 15 is 0 Å². The second-order valence-electron chi connectivity index (χ2n) is 4.58. The zero-order chi connectivity index (χ0) is 12.1. The highest BCUT2D eigenvalue weighted by Crippen LogP contribution is 2.14. The number of aldehydes is 1. The van der Waals surface area contributed by atoms with Gasteiger partial charge in [-0.05, 0) is 18.2 Å². The van der Waals surface area contributed by atoms with E-state index in [4.69, 9.17) is 0 Å². The van der Waals surface area contributed by atoms with E-state index in [1.807, 2.05) is 18.2 Å². The Morgan fingerprint density at radius 2 is 1.88 bits per heavy atom. The van der Waals surface area contributed by atoms with Crippen LogP contribution in [0.4, 0.5) is 0 Å². The van der Waals surface area contributed by atoms with Crippen LogP contribution >= 0.6 is 0 Å². The van der Waals surface area contributed by atoms with Crippen molar-refractivity contribution in [2.75, 3.05) is 33.2 Å². The van der Waals surface area contributed by atoms with Crippen molar-refractivity contribution in [2.24, 2.45) is 0 Å². The molecule has 0 atom stereocenters. The fraction of sp³-hybridized carbons (Fsp3) is 0.429. The second-order valence-corrected chi connectivity index (χ2v) is 4.58. The first-order valence-corrected chi connectivity index (χ1v) is 6.07. The van der Waals surface area contributed by atoms with Crippen molar-refractivity contribution in [3.05, 3.63) is 41.8 Å². The average molecular weight is 231 g/mol. The van der Waals surface area contributed by atoms with Crippen molar-refractivity contribution in [1.82, 2.24) is 9.80 Å². The standard InChI is InChI=1S/C14H19N2O/c1-15-7-9-16(10-8-15)12-14-5-3-2-4-13(14)6-11-17/h2-6,11H,7-10,12H2,1H3. The normalized spacial score (nSPS) is 18.2. The predicted molar refractivity (Wildman–Crippen MR) is 68.7 cm³/mol. The number of carbonyl (C=O) groups excluding carboxylic acids is 1. The maximum absolute atomic E-state index is 10.6. The minimum Gasteiger partial charge on any atom is -0.304 e. The van der Waals surface area contributed by atoms with Crippen LogP contribution in [0.2, 0.25) is 0 Å². The molecule has 0 aliphatic carbocycles. The zero-order valence-corrected chi connectivity index (χ0v) is 10.3.